The van der Waals surface area contributed by atoms with Crippen LogP contribution in [0, 0.1) is 5.41 Å². The predicted octanol–water partition coefficient (Wildman–Crippen LogP) is 0.281. The van der Waals surface area contributed by atoms with Crippen molar-refractivity contribution in [2.75, 3.05) is 53.6 Å². The van der Waals surface area contributed by atoms with Crippen molar-refractivity contribution in [1.82, 2.24) is 15.5 Å². The van der Waals surface area contributed by atoms with Gasteiger partial charge >= 0.3 is 0 Å². The number of aliphatic hydroxyl groups excluding tert-OH is 1. The molecule has 1 atom stereocenters. The second-order valence-electron chi connectivity index (χ2n) is 6.20. The van der Waals surface area contributed by atoms with Crippen LogP contribution < -0.4 is 10.6 Å². The Morgan fingerprint density at radius 1 is 1.43 bits per heavy atom. The molecule has 0 spiro atoms. The maximum Gasteiger partial charge on any atom is 0.191 e. The summed E-state index contributed by atoms with van der Waals surface area (Å²) in [5.41, 5.74) is 0.0428. The molecule has 0 amide bonds. The van der Waals surface area contributed by atoms with E-state index in [4.69, 9.17) is 4.74 Å². The number of aliphatic hydroxyl groups is 1. The van der Waals surface area contributed by atoms with Gasteiger partial charge in [-0.05, 0) is 33.7 Å². The van der Waals surface area contributed by atoms with Crippen LogP contribution in [0.4, 0.5) is 0 Å². The molecular formula is C15H32N4O2. The maximum atomic E-state index is 9.23. The summed E-state index contributed by atoms with van der Waals surface area (Å²) in [6, 6.07) is 0.547. The molecule has 6 heteroatoms. The van der Waals surface area contributed by atoms with Crippen LogP contribution in [0.2, 0.25) is 0 Å². The lowest BCUT2D eigenvalue weighted by molar-refractivity contribution is 0.127. The largest absolute Gasteiger partial charge is 0.396 e. The first-order chi connectivity index (χ1) is 10.0. The average molecular weight is 300 g/mol. The summed E-state index contributed by atoms with van der Waals surface area (Å²) in [4.78, 5) is 6.54. The summed E-state index contributed by atoms with van der Waals surface area (Å²) < 4.78 is 5.50. The Balaban J connectivity index is 2.33. The first-order valence-electron chi connectivity index (χ1n) is 7.86. The highest BCUT2D eigenvalue weighted by molar-refractivity contribution is 5.79. The van der Waals surface area contributed by atoms with Gasteiger partial charge in [0.1, 0.15) is 0 Å². The molecule has 1 unspecified atom stereocenters. The van der Waals surface area contributed by atoms with Crippen LogP contribution in [0.15, 0.2) is 4.99 Å². The van der Waals surface area contributed by atoms with Gasteiger partial charge in [0.05, 0.1) is 6.61 Å². The van der Waals surface area contributed by atoms with Crippen LogP contribution in [0.1, 0.15) is 26.7 Å². The van der Waals surface area contributed by atoms with Crippen LogP contribution in [0.25, 0.3) is 0 Å². The van der Waals surface area contributed by atoms with Gasteiger partial charge in [0.15, 0.2) is 5.96 Å². The van der Waals surface area contributed by atoms with E-state index in [-0.39, 0.29) is 12.0 Å². The van der Waals surface area contributed by atoms with Crippen molar-refractivity contribution >= 4 is 5.96 Å². The topological polar surface area (TPSA) is 69.1 Å². The third-order valence-corrected chi connectivity index (χ3v) is 4.32. The third-order valence-electron chi connectivity index (χ3n) is 4.32. The summed E-state index contributed by atoms with van der Waals surface area (Å²) in [5.74, 6) is 0.816. The van der Waals surface area contributed by atoms with E-state index in [1.807, 2.05) is 0 Å². The summed E-state index contributed by atoms with van der Waals surface area (Å²) in [7, 11) is 3.90. The van der Waals surface area contributed by atoms with Crippen molar-refractivity contribution in [2.24, 2.45) is 10.4 Å². The minimum atomic E-state index is 0.0428. The summed E-state index contributed by atoms with van der Waals surface area (Å²) >= 11 is 0. The average Bonchev–Trinajstić information content (AvgIpc) is 2.91. The molecule has 1 aliphatic heterocycles. The molecule has 0 aromatic heterocycles. The normalized spacial score (nSPS) is 23.1. The fourth-order valence-corrected chi connectivity index (χ4v) is 2.41. The zero-order valence-corrected chi connectivity index (χ0v) is 14.0. The van der Waals surface area contributed by atoms with Crippen molar-refractivity contribution in [3.8, 4) is 0 Å². The van der Waals surface area contributed by atoms with Crippen LogP contribution in [-0.2, 0) is 4.74 Å². The monoisotopic (exact) mass is 300 g/mol. The number of hydrogen-bond donors (Lipinski definition) is 3. The number of likely N-dealkylation sites (N-methyl/N-ethyl adjacent to an activating group) is 1. The van der Waals surface area contributed by atoms with Crippen molar-refractivity contribution in [3.63, 3.8) is 0 Å². The number of guanidine groups is 1. The summed E-state index contributed by atoms with van der Waals surface area (Å²) in [6.45, 7) is 8.70. The molecule has 0 aliphatic carbocycles. The zero-order chi connectivity index (χ0) is 15.7. The number of nitrogens with one attached hydrogen (secondary N) is 2. The van der Waals surface area contributed by atoms with Gasteiger partial charge in [-0.1, -0.05) is 0 Å². The molecule has 21 heavy (non-hydrogen) atoms. The molecule has 0 bridgehead atoms. The van der Waals surface area contributed by atoms with Gasteiger partial charge in [-0.15, -0.1) is 0 Å². The van der Waals surface area contributed by atoms with Crippen LogP contribution in [-0.4, -0.2) is 75.6 Å². The molecule has 1 rings (SSSR count). The van der Waals surface area contributed by atoms with Gasteiger partial charge in [-0.2, -0.15) is 0 Å². The maximum absolute atomic E-state index is 9.23. The molecule has 0 saturated carbocycles. The first kappa shape index (κ1) is 18.2. The smallest absolute Gasteiger partial charge is 0.191 e. The Kier molecular flexibility index (Phi) is 8.00. The molecule has 1 saturated heterocycles. The molecular weight excluding hydrogens is 268 g/mol. The molecule has 1 heterocycles. The molecule has 1 aliphatic rings. The lowest BCUT2D eigenvalue weighted by Gasteiger charge is -2.28. The molecule has 0 aromatic rings. The van der Waals surface area contributed by atoms with Crippen molar-refractivity contribution in [2.45, 2.75) is 32.7 Å². The number of rotatable bonds is 8. The molecule has 0 aromatic carbocycles. The highest BCUT2D eigenvalue weighted by Crippen LogP contribution is 2.31. The standard InChI is InChI=1S/C15H32N4O2/c1-13(2)19(4)8-7-17-14(16-3)18-11-15(5-9-20)6-10-21-12-15/h13,20H,5-12H2,1-4H3,(H2,16,17,18). The molecule has 0 radical (unpaired) electrons. The zero-order valence-electron chi connectivity index (χ0n) is 14.0. The second-order valence-corrected chi connectivity index (χ2v) is 6.20. The lowest BCUT2D eigenvalue weighted by Crippen LogP contribution is -2.46. The molecule has 3 N–H and O–H groups in total. The van der Waals surface area contributed by atoms with E-state index in [1.165, 1.54) is 0 Å². The Morgan fingerprint density at radius 2 is 2.19 bits per heavy atom. The van der Waals surface area contributed by atoms with Gasteiger partial charge < -0.3 is 25.4 Å². The van der Waals surface area contributed by atoms with Gasteiger partial charge in [-0.3, -0.25) is 4.99 Å². The highest BCUT2D eigenvalue weighted by atomic mass is 16.5. The first-order valence-corrected chi connectivity index (χ1v) is 7.86. The van der Waals surface area contributed by atoms with E-state index in [1.54, 1.807) is 7.05 Å². The number of ether oxygens (including phenoxy) is 1. The van der Waals surface area contributed by atoms with Gasteiger partial charge in [0.2, 0.25) is 0 Å². The van der Waals surface area contributed by atoms with Crippen LogP contribution in [0.3, 0.4) is 0 Å². The van der Waals surface area contributed by atoms with E-state index in [2.05, 4.69) is 41.4 Å². The highest BCUT2D eigenvalue weighted by Gasteiger charge is 2.34. The fourth-order valence-electron chi connectivity index (χ4n) is 2.41. The van der Waals surface area contributed by atoms with Crippen LogP contribution in [0.5, 0.6) is 0 Å². The van der Waals surface area contributed by atoms with Crippen molar-refractivity contribution in [1.29, 1.82) is 0 Å². The van der Waals surface area contributed by atoms with Gasteiger partial charge in [0, 0.05) is 51.4 Å². The second kappa shape index (κ2) is 9.23. The Hall–Kier alpha value is -0.850. The van der Waals surface area contributed by atoms with E-state index < -0.39 is 0 Å². The summed E-state index contributed by atoms with van der Waals surface area (Å²) in [6.07, 6.45) is 1.76. The van der Waals surface area contributed by atoms with Gasteiger partial charge in [-0.25, -0.2) is 0 Å². The SMILES string of the molecule is CN=C(NCCN(C)C(C)C)NCC1(CCO)CCOC1. The van der Waals surface area contributed by atoms with E-state index in [0.29, 0.717) is 12.6 Å². The Morgan fingerprint density at radius 3 is 2.71 bits per heavy atom. The van der Waals surface area contributed by atoms with Crippen LogP contribution >= 0.6 is 0 Å². The third kappa shape index (κ3) is 6.20. The predicted molar refractivity (Wildman–Crippen MR) is 86.7 cm³/mol. The van der Waals surface area contributed by atoms with Crippen molar-refractivity contribution in [3.05, 3.63) is 0 Å². The lowest BCUT2D eigenvalue weighted by atomic mass is 9.84. The van der Waals surface area contributed by atoms with Gasteiger partial charge in [0.25, 0.3) is 0 Å². The summed E-state index contributed by atoms with van der Waals surface area (Å²) in [5, 5.41) is 15.9. The minimum Gasteiger partial charge on any atom is -0.396 e. The van der Waals surface area contributed by atoms with E-state index in [9.17, 15) is 5.11 Å². The van der Waals surface area contributed by atoms with Crippen molar-refractivity contribution < 1.29 is 9.84 Å². The quantitative estimate of drug-likeness (QED) is 0.444. The number of aliphatic imine (C=N–C) groups is 1. The minimum absolute atomic E-state index is 0.0428. The Bertz CT molecular complexity index is 315. The number of nitrogens with zero attached hydrogens (tertiary/aromatic N) is 2. The molecule has 1 fully saturated rings. The van der Waals surface area contributed by atoms with E-state index >= 15 is 0 Å². The molecule has 124 valence electrons. The Labute approximate surface area is 129 Å². The molecule has 6 nitrogen and oxygen atoms in total. The number of hydrogen-bond acceptors (Lipinski definition) is 4. The fraction of sp³-hybridized carbons (Fsp3) is 0.933. The van der Waals surface area contributed by atoms with E-state index in [0.717, 1.165) is 45.0 Å².